The Morgan fingerprint density at radius 3 is 2.35 bits per heavy atom. The molecule has 3 atom stereocenters. The second-order valence-corrected chi connectivity index (χ2v) is 12.9. The molecule has 7 nitrogen and oxygen atoms in total. The van der Waals surface area contributed by atoms with Crippen molar-refractivity contribution in [2.45, 2.75) is 95.7 Å². The molecule has 0 bridgehead atoms. The third kappa shape index (κ3) is 7.49. The maximum Gasteiger partial charge on any atom is 0.315 e. The molecule has 0 unspecified atom stereocenters. The number of hydrogen-bond donors (Lipinski definition) is 3. The van der Waals surface area contributed by atoms with Crippen molar-refractivity contribution in [3.8, 4) is 0 Å². The Balaban J connectivity index is 1.24. The van der Waals surface area contributed by atoms with Gasteiger partial charge in [-0.25, -0.2) is 4.79 Å². The van der Waals surface area contributed by atoms with Crippen LogP contribution in [0.25, 0.3) is 6.08 Å². The summed E-state index contributed by atoms with van der Waals surface area (Å²) in [5.74, 6) is 0.0805. The van der Waals surface area contributed by atoms with Crippen LogP contribution in [-0.4, -0.2) is 47.9 Å². The summed E-state index contributed by atoms with van der Waals surface area (Å²) < 4.78 is 0. The summed E-state index contributed by atoms with van der Waals surface area (Å²) in [6.07, 6.45) is 13.3. The van der Waals surface area contributed by atoms with E-state index in [4.69, 9.17) is 0 Å². The number of carbonyl (C=O) groups excluding carboxylic acids is 3. The van der Waals surface area contributed by atoms with E-state index in [2.05, 4.69) is 59.3 Å². The van der Waals surface area contributed by atoms with Crippen LogP contribution in [-0.2, 0) is 21.5 Å². The number of nitrogens with one attached hydrogen (secondary N) is 3. The smallest absolute Gasteiger partial charge is 0.315 e. The zero-order valence-electron chi connectivity index (χ0n) is 25.8. The van der Waals surface area contributed by atoms with Gasteiger partial charge in [0.05, 0.1) is 0 Å². The molecule has 1 aliphatic heterocycles. The van der Waals surface area contributed by atoms with Crippen molar-refractivity contribution in [1.29, 1.82) is 0 Å². The fourth-order valence-corrected chi connectivity index (χ4v) is 7.11. The van der Waals surface area contributed by atoms with E-state index < -0.39 is 12.1 Å². The van der Waals surface area contributed by atoms with E-state index in [9.17, 15) is 14.4 Å². The number of urea groups is 1. The number of carbonyl (C=O) groups is 3. The predicted octanol–water partition coefficient (Wildman–Crippen LogP) is 5.94. The highest BCUT2D eigenvalue weighted by Crippen LogP contribution is 2.43. The molecule has 2 aromatic carbocycles. The zero-order chi connectivity index (χ0) is 30.2. The summed E-state index contributed by atoms with van der Waals surface area (Å²) in [7, 11) is 0. The minimum atomic E-state index is -0.692. The van der Waals surface area contributed by atoms with Crippen LogP contribution in [0.1, 0.15) is 88.3 Å². The first-order valence-electron chi connectivity index (χ1n) is 16.3. The van der Waals surface area contributed by atoms with Gasteiger partial charge in [0, 0.05) is 25.0 Å². The Hall–Kier alpha value is -3.61. The van der Waals surface area contributed by atoms with Gasteiger partial charge < -0.3 is 20.9 Å². The molecule has 1 spiro atoms. The third-order valence-electron chi connectivity index (χ3n) is 10.0. The van der Waals surface area contributed by atoms with E-state index in [0.717, 1.165) is 50.5 Å². The summed E-state index contributed by atoms with van der Waals surface area (Å²) in [4.78, 5) is 42.7. The van der Waals surface area contributed by atoms with Crippen molar-refractivity contribution in [2.24, 2.45) is 11.8 Å². The first-order chi connectivity index (χ1) is 20.9. The fraction of sp³-hybridized carbons (Fsp3) is 0.528. The van der Waals surface area contributed by atoms with Gasteiger partial charge in [0.2, 0.25) is 11.8 Å². The van der Waals surface area contributed by atoms with E-state index in [0.29, 0.717) is 32.0 Å². The van der Waals surface area contributed by atoms with Gasteiger partial charge >= 0.3 is 6.03 Å². The van der Waals surface area contributed by atoms with Gasteiger partial charge in [0.25, 0.3) is 0 Å². The molecule has 0 radical (unpaired) electrons. The van der Waals surface area contributed by atoms with Crippen LogP contribution in [0, 0.1) is 11.8 Å². The van der Waals surface area contributed by atoms with Gasteiger partial charge in [0.15, 0.2) is 0 Å². The van der Waals surface area contributed by atoms with Gasteiger partial charge in [-0.05, 0) is 47.8 Å². The number of rotatable bonds is 10. The molecule has 1 saturated carbocycles. The van der Waals surface area contributed by atoms with Gasteiger partial charge in [0.1, 0.15) is 12.1 Å². The minimum absolute atomic E-state index is 0.00931. The Bertz CT molecular complexity index is 1280. The first kappa shape index (κ1) is 30.8. The average Bonchev–Trinajstić information content (AvgIpc) is 3.40. The lowest BCUT2D eigenvalue weighted by Gasteiger charge is -2.41. The molecule has 230 valence electrons. The lowest BCUT2D eigenvalue weighted by molar-refractivity contribution is -0.139. The van der Waals surface area contributed by atoms with Crippen LogP contribution in [0.4, 0.5) is 4.79 Å². The monoisotopic (exact) mass is 584 g/mol. The largest absolute Gasteiger partial charge is 0.342 e. The average molecular weight is 585 g/mol. The molecule has 4 amide bonds. The van der Waals surface area contributed by atoms with Crippen molar-refractivity contribution in [2.75, 3.05) is 13.1 Å². The maximum absolute atomic E-state index is 14.0. The fourth-order valence-electron chi connectivity index (χ4n) is 7.11. The lowest BCUT2D eigenvalue weighted by Crippen LogP contribution is -2.58. The molecular formula is C36H48N4O3. The molecule has 1 heterocycles. The van der Waals surface area contributed by atoms with Crippen LogP contribution >= 0.6 is 0 Å². The molecule has 5 rings (SSSR count). The van der Waals surface area contributed by atoms with Crippen molar-refractivity contribution >= 4 is 23.9 Å². The van der Waals surface area contributed by atoms with Crippen molar-refractivity contribution < 1.29 is 14.4 Å². The molecule has 3 N–H and O–H groups in total. The second kappa shape index (κ2) is 14.2. The van der Waals surface area contributed by atoms with Crippen LogP contribution in [0.3, 0.4) is 0 Å². The van der Waals surface area contributed by atoms with Crippen molar-refractivity contribution in [3.05, 3.63) is 77.4 Å². The Kier molecular flexibility index (Phi) is 10.2. The summed E-state index contributed by atoms with van der Waals surface area (Å²) in [5, 5.41) is 8.99. The van der Waals surface area contributed by atoms with Crippen LogP contribution in [0.15, 0.2) is 60.7 Å². The molecule has 2 aliphatic carbocycles. The Morgan fingerprint density at radius 1 is 0.930 bits per heavy atom. The number of benzene rings is 2. The molecule has 2 aromatic rings. The van der Waals surface area contributed by atoms with Gasteiger partial charge in [-0.3, -0.25) is 9.59 Å². The van der Waals surface area contributed by atoms with Gasteiger partial charge in [-0.2, -0.15) is 0 Å². The summed E-state index contributed by atoms with van der Waals surface area (Å²) in [5.41, 5.74) is 3.62. The number of amides is 4. The van der Waals surface area contributed by atoms with Crippen LogP contribution < -0.4 is 16.0 Å². The summed E-state index contributed by atoms with van der Waals surface area (Å²) in [6, 6.07) is 16.6. The number of fused-ring (bicyclic) bond motifs is 2. The highest BCUT2D eigenvalue weighted by Gasteiger charge is 2.41. The quantitative estimate of drug-likeness (QED) is 0.323. The Labute approximate surface area is 256 Å². The predicted molar refractivity (Wildman–Crippen MR) is 171 cm³/mol. The topological polar surface area (TPSA) is 90.5 Å². The van der Waals surface area contributed by atoms with E-state index in [-0.39, 0.29) is 29.2 Å². The molecule has 2 fully saturated rings. The standard InChI is InChI=1S/C36H48N4O3/c1-3-26(2)32(34(42)40-22-20-36(21-23-40)19-18-29-16-10-11-17-30(29)36)39-33(41)31(24-27-12-6-4-7-13-27)38-35(43)37-25-28-14-8-5-9-15-28/h5,8-11,14-19,26-27,31-32H,3-4,6-7,12-13,20-25H2,1-2H3,(H,39,41)(H2,37,38,43)/t26-,31-,32-/m0/s1. The number of hydrogen-bond acceptors (Lipinski definition) is 3. The number of allylic oxidation sites excluding steroid dienone is 1. The molecule has 0 aromatic heterocycles. The molecule has 3 aliphatic rings. The third-order valence-corrected chi connectivity index (χ3v) is 10.0. The highest BCUT2D eigenvalue weighted by atomic mass is 16.2. The summed E-state index contributed by atoms with van der Waals surface area (Å²) in [6.45, 7) is 5.78. The molecule has 7 heteroatoms. The highest BCUT2D eigenvalue weighted by molar-refractivity contribution is 5.92. The van der Waals surface area contributed by atoms with Gasteiger partial charge in [-0.1, -0.05) is 119 Å². The SMILES string of the molecule is CC[C@H](C)[C@H](NC(=O)[C@H](CC1CCCCC1)NC(=O)NCc1ccccc1)C(=O)N1CCC2(C=Cc3ccccc32)CC1. The Morgan fingerprint density at radius 2 is 1.63 bits per heavy atom. The number of nitrogens with zero attached hydrogens (tertiary/aromatic N) is 1. The number of piperidine rings is 1. The zero-order valence-corrected chi connectivity index (χ0v) is 25.8. The molecule has 1 saturated heterocycles. The number of likely N-dealkylation sites (tertiary alicyclic amines) is 1. The molecule has 43 heavy (non-hydrogen) atoms. The first-order valence-corrected chi connectivity index (χ1v) is 16.3. The van der Waals surface area contributed by atoms with E-state index >= 15 is 0 Å². The van der Waals surface area contributed by atoms with E-state index in [1.807, 2.05) is 42.2 Å². The van der Waals surface area contributed by atoms with Gasteiger partial charge in [-0.15, -0.1) is 0 Å². The second-order valence-electron chi connectivity index (χ2n) is 12.9. The molecular weight excluding hydrogens is 536 g/mol. The van der Waals surface area contributed by atoms with Crippen LogP contribution in [0.5, 0.6) is 0 Å². The van der Waals surface area contributed by atoms with Crippen molar-refractivity contribution in [1.82, 2.24) is 20.9 Å². The van der Waals surface area contributed by atoms with Crippen LogP contribution in [0.2, 0.25) is 0 Å². The van der Waals surface area contributed by atoms with E-state index in [1.54, 1.807) is 0 Å². The lowest BCUT2D eigenvalue weighted by atomic mass is 9.74. The van der Waals surface area contributed by atoms with E-state index in [1.165, 1.54) is 17.5 Å². The summed E-state index contributed by atoms with van der Waals surface area (Å²) >= 11 is 0. The normalized spacial score (nSPS) is 19.7. The minimum Gasteiger partial charge on any atom is -0.342 e. The maximum atomic E-state index is 14.0. The van der Waals surface area contributed by atoms with Crippen molar-refractivity contribution in [3.63, 3.8) is 0 Å².